The Morgan fingerprint density at radius 1 is 0.647 bits per heavy atom. The zero-order valence-corrected chi connectivity index (χ0v) is 32.9. The van der Waals surface area contributed by atoms with Gasteiger partial charge in [-0.15, -0.1) is 0 Å². The number of allylic oxidation sites excluding steroid dienone is 2. The van der Waals surface area contributed by atoms with Crippen LogP contribution in [-0.2, 0) is 14.3 Å². The second-order valence-electron chi connectivity index (χ2n) is 15.1. The number of hydrogen-bond donors (Lipinski definition) is 6. The zero-order valence-electron chi connectivity index (χ0n) is 32.9. The topological polar surface area (TPSA) is 149 Å². The molecule has 6 N–H and O–H groups in total. The van der Waals surface area contributed by atoms with Crippen LogP contribution in [0.1, 0.15) is 194 Å². The minimum Gasteiger partial charge on any atom is -0.394 e. The van der Waals surface area contributed by atoms with Crippen molar-refractivity contribution in [2.75, 3.05) is 13.2 Å². The summed E-state index contributed by atoms with van der Waals surface area (Å²) in [4.78, 5) is 12.9. The number of aliphatic hydroxyl groups excluding tert-OH is 5. The largest absolute Gasteiger partial charge is 0.394 e. The number of nitrogens with one attached hydrogen (secondary N) is 1. The lowest BCUT2D eigenvalue weighted by Crippen LogP contribution is -2.60. The molecule has 0 aromatic heterocycles. The van der Waals surface area contributed by atoms with E-state index in [-0.39, 0.29) is 12.5 Å². The van der Waals surface area contributed by atoms with E-state index >= 15 is 0 Å². The Morgan fingerprint density at radius 3 is 1.59 bits per heavy atom. The maximum absolute atomic E-state index is 12.9. The van der Waals surface area contributed by atoms with Gasteiger partial charge < -0.3 is 40.3 Å². The van der Waals surface area contributed by atoms with Gasteiger partial charge in [0, 0.05) is 6.42 Å². The van der Waals surface area contributed by atoms with E-state index < -0.39 is 49.5 Å². The molecule has 1 fully saturated rings. The van der Waals surface area contributed by atoms with Gasteiger partial charge in [-0.05, 0) is 38.5 Å². The van der Waals surface area contributed by atoms with E-state index in [4.69, 9.17) is 9.47 Å². The molecule has 1 heterocycles. The molecular weight excluding hydrogens is 646 g/mol. The van der Waals surface area contributed by atoms with E-state index in [1.165, 1.54) is 128 Å². The Labute approximate surface area is 312 Å². The first kappa shape index (κ1) is 48.0. The van der Waals surface area contributed by atoms with Crippen molar-refractivity contribution in [3.63, 3.8) is 0 Å². The van der Waals surface area contributed by atoms with Crippen LogP contribution in [0.4, 0.5) is 0 Å². The number of unbranched alkanes of at least 4 members (excludes halogenated alkanes) is 23. The highest BCUT2D eigenvalue weighted by molar-refractivity contribution is 5.76. The summed E-state index contributed by atoms with van der Waals surface area (Å²) in [5.74, 6) is -0.150. The summed E-state index contributed by atoms with van der Waals surface area (Å²) in [6, 6.07) is -0.713. The highest BCUT2D eigenvalue weighted by atomic mass is 16.7. The normalized spacial score (nSPS) is 22.1. The summed E-state index contributed by atoms with van der Waals surface area (Å²) >= 11 is 0. The average Bonchev–Trinajstić information content (AvgIpc) is 3.13. The lowest BCUT2D eigenvalue weighted by atomic mass is 9.99. The first-order valence-corrected chi connectivity index (χ1v) is 21.4. The molecule has 7 unspecified atom stereocenters. The molecule has 1 aliphatic heterocycles. The van der Waals surface area contributed by atoms with E-state index in [0.29, 0.717) is 12.8 Å². The molecule has 0 spiro atoms. The quantitative estimate of drug-likeness (QED) is 0.0283. The van der Waals surface area contributed by atoms with E-state index in [1.54, 1.807) is 0 Å². The Balaban J connectivity index is 2.23. The maximum Gasteiger partial charge on any atom is 0.220 e. The van der Waals surface area contributed by atoms with Crippen LogP contribution in [-0.4, -0.2) is 87.5 Å². The Morgan fingerprint density at radius 2 is 1.10 bits per heavy atom. The molecule has 1 amide bonds. The molecule has 0 aliphatic carbocycles. The number of rotatable bonds is 35. The molecule has 0 bridgehead atoms. The lowest BCUT2D eigenvalue weighted by Gasteiger charge is -2.40. The van der Waals surface area contributed by atoms with Crippen LogP contribution in [0, 0.1) is 0 Å². The summed E-state index contributed by atoms with van der Waals surface area (Å²) < 4.78 is 11.2. The van der Waals surface area contributed by atoms with E-state index in [0.717, 1.165) is 38.5 Å². The minimum atomic E-state index is -1.55. The molecule has 1 rings (SSSR count). The number of ether oxygens (including phenoxy) is 2. The van der Waals surface area contributed by atoms with Crippen molar-refractivity contribution in [2.45, 2.75) is 236 Å². The van der Waals surface area contributed by atoms with Crippen molar-refractivity contribution in [3.05, 3.63) is 12.2 Å². The van der Waals surface area contributed by atoms with Gasteiger partial charge in [-0.25, -0.2) is 0 Å². The molecule has 0 radical (unpaired) electrons. The van der Waals surface area contributed by atoms with Gasteiger partial charge in [-0.1, -0.05) is 161 Å². The predicted octanol–water partition coefficient (Wildman–Crippen LogP) is 8.17. The molecule has 51 heavy (non-hydrogen) atoms. The van der Waals surface area contributed by atoms with Crippen molar-refractivity contribution in [3.8, 4) is 0 Å². The predicted molar refractivity (Wildman–Crippen MR) is 207 cm³/mol. The van der Waals surface area contributed by atoms with Gasteiger partial charge in [0.2, 0.25) is 5.91 Å². The van der Waals surface area contributed by atoms with Crippen LogP contribution in [0.5, 0.6) is 0 Å². The van der Waals surface area contributed by atoms with Gasteiger partial charge in [0.05, 0.1) is 25.4 Å². The van der Waals surface area contributed by atoms with Gasteiger partial charge in [-0.3, -0.25) is 4.79 Å². The number of aliphatic hydroxyl groups is 5. The number of hydrogen-bond acceptors (Lipinski definition) is 8. The molecule has 1 saturated heterocycles. The molecule has 0 saturated carbocycles. The third kappa shape index (κ3) is 24.8. The summed E-state index contributed by atoms with van der Waals surface area (Å²) in [6.07, 6.45) is 29.6. The molecule has 0 aromatic carbocycles. The summed E-state index contributed by atoms with van der Waals surface area (Å²) in [5, 5.41) is 53.9. The second kappa shape index (κ2) is 33.5. The van der Waals surface area contributed by atoms with Gasteiger partial charge in [0.1, 0.15) is 24.4 Å². The standard InChI is InChI=1S/C42H81NO8/c1-3-5-7-9-11-12-13-14-15-16-17-18-19-20-21-22-23-24-26-28-30-32-38(46)43-35(36(45)31-29-27-25-10-8-6-4-2)34-50-42-41(49)40(48)39(47)37(33-44)51-42/h16-17,35-37,39-42,44-45,47-49H,3-15,18-34H2,1-2H3,(H,43,46)/b17-16-. The summed E-state index contributed by atoms with van der Waals surface area (Å²) in [7, 11) is 0. The monoisotopic (exact) mass is 728 g/mol. The molecule has 7 atom stereocenters. The Bertz CT molecular complexity index is 812. The third-order valence-electron chi connectivity index (χ3n) is 10.4. The maximum atomic E-state index is 12.9. The molecular formula is C42H81NO8. The Kier molecular flexibility index (Phi) is 31.5. The van der Waals surface area contributed by atoms with Crippen LogP contribution in [0.25, 0.3) is 0 Å². The van der Waals surface area contributed by atoms with Crippen LogP contribution >= 0.6 is 0 Å². The van der Waals surface area contributed by atoms with E-state index in [2.05, 4.69) is 31.3 Å². The summed E-state index contributed by atoms with van der Waals surface area (Å²) in [5.41, 5.74) is 0. The first-order valence-electron chi connectivity index (χ1n) is 21.4. The first-order chi connectivity index (χ1) is 24.8. The average molecular weight is 728 g/mol. The van der Waals surface area contributed by atoms with Gasteiger partial charge in [0.25, 0.3) is 0 Å². The SMILES string of the molecule is CCCCCCCCCC/C=C\CCCCCCCCCCCC(=O)NC(COC1OC(CO)C(O)C(O)C1O)C(O)CCCCCCCCC. The van der Waals surface area contributed by atoms with Crippen molar-refractivity contribution in [1.29, 1.82) is 0 Å². The van der Waals surface area contributed by atoms with Crippen LogP contribution < -0.4 is 5.32 Å². The highest BCUT2D eigenvalue weighted by Crippen LogP contribution is 2.23. The van der Waals surface area contributed by atoms with Crippen molar-refractivity contribution >= 4 is 5.91 Å². The smallest absolute Gasteiger partial charge is 0.220 e. The highest BCUT2D eigenvalue weighted by Gasteiger charge is 2.44. The number of amides is 1. The summed E-state index contributed by atoms with van der Waals surface area (Å²) in [6.45, 7) is 3.78. The minimum absolute atomic E-state index is 0.137. The fourth-order valence-corrected chi connectivity index (χ4v) is 6.86. The van der Waals surface area contributed by atoms with Crippen molar-refractivity contribution < 1.29 is 39.8 Å². The molecule has 0 aromatic rings. The second-order valence-corrected chi connectivity index (χ2v) is 15.1. The number of carbonyl (C=O) groups excluding carboxylic acids is 1. The fourth-order valence-electron chi connectivity index (χ4n) is 6.86. The lowest BCUT2D eigenvalue weighted by molar-refractivity contribution is -0.302. The van der Waals surface area contributed by atoms with Gasteiger partial charge in [-0.2, -0.15) is 0 Å². The van der Waals surface area contributed by atoms with Crippen LogP contribution in [0.3, 0.4) is 0 Å². The number of carbonyl (C=O) groups is 1. The molecule has 9 heteroatoms. The molecule has 9 nitrogen and oxygen atoms in total. The molecule has 302 valence electrons. The van der Waals surface area contributed by atoms with Crippen LogP contribution in [0.2, 0.25) is 0 Å². The van der Waals surface area contributed by atoms with Crippen molar-refractivity contribution in [1.82, 2.24) is 5.32 Å². The van der Waals surface area contributed by atoms with E-state index in [1.807, 2.05) is 0 Å². The molecule has 1 aliphatic rings. The van der Waals surface area contributed by atoms with Gasteiger partial charge >= 0.3 is 0 Å². The van der Waals surface area contributed by atoms with Crippen molar-refractivity contribution in [2.24, 2.45) is 0 Å². The third-order valence-corrected chi connectivity index (χ3v) is 10.4. The van der Waals surface area contributed by atoms with Gasteiger partial charge in [0.15, 0.2) is 6.29 Å². The fraction of sp³-hybridized carbons (Fsp3) is 0.929. The van der Waals surface area contributed by atoms with Crippen LogP contribution in [0.15, 0.2) is 12.2 Å². The Hall–Kier alpha value is -1.07. The van der Waals surface area contributed by atoms with E-state index in [9.17, 15) is 30.3 Å². The zero-order chi connectivity index (χ0) is 37.4.